The van der Waals surface area contributed by atoms with Crippen molar-refractivity contribution in [2.45, 2.75) is 44.2 Å². The third-order valence-electron chi connectivity index (χ3n) is 4.43. The standard InChI is InChI=1S/C14H28N2O2/c1-18-9-7-15-10-13(17)11-16-8-6-12-4-2-3-5-14(12)16/h12-15,17H,2-11H2,1H3. The van der Waals surface area contributed by atoms with Crippen LogP contribution in [0.3, 0.4) is 0 Å². The summed E-state index contributed by atoms with van der Waals surface area (Å²) in [7, 11) is 1.70. The topological polar surface area (TPSA) is 44.7 Å². The van der Waals surface area contributed by atoms with Gasteiger partial charge in [0.25, 0.3) is 0 Å². The summed E-state index contributed by atoms with van der Waals surface area (Å²) < 4.78 is 4.97. The van der Waals surface area contributed by atoms with E-state index in [1.165, 1.54) is 38.6 Å². The molecule has 0 radical (unpaired) electrons. The van der Waals surface area contributed by atoms with Crippen LogP contribution in [0, 0.1) is 5.92 Å². The van der Waals surface area contributed by atoms with Gasteiger partial charge in [-0.15, -0.1) is 0 Å². The Kier molecular flexibility index (Phi) is 5.89. The van der Waals surface area contributed by atoms with Crippen molar-refractivity contribution >= 4 is 0 Å². The molecule has 3 atom stereocenters. The van der Waals surface area contributed by atoms with E-state index in [0.717, 1.165) is 25.0 Å². The minimum atomic E-state index is -0.248. The molecule has 0 aromatic carbocycles. The van der Waals surface area contributed by atoms with E-state index in [4.69, 9.17) is 4.74 Å². The minimum Gasteiger partial charge on any atom is -0.390 e. The molecule has 1 saturated carbocycles. The highest BCUT2D eigenvalue weighted by Gasteiger charge is 2.35. The van der Waals surface area contributed by atoms with E-state index in [9.17, 15) is 5.11 Å². The van der Waals surface area contributed by atoms with Gasteiger partial charge in [-0.3, -0.25) is 4.90 Å². The molecule has 1 saturated heterocycles. The van der Waals surface area contributed by atoms with Crippen molar-refractivity contribution in [3.8, 4) is 0 Å². The zero-order valence-electron chi connectivity index (χ0n) is 11.6. The van der Waals surface area contributed by atoms with Crippen molar-refractivity contribution in [1.82, 2.24) is 10.2 Å². The van der Waals surface area contributed by atoms with Crippen LogP contribution in [0.2, 0.25) is 0 Å². The number of nitrogens with zero attached hydrogens (tertiary/aromatic N) is 1. The number of methoxy groups -OCH3 is 1. The van der Waals surface area contributed by atoms with Gasteiger partial charge in [0, 0.05) is 32.8 Å². The van der Waals surface area contributed by atoms with Gasteiger partial charge in [-0.2, -0.15) is 0 Å². The average Bonchev–Trinajstić information content (AvgIpc) is 2.78. The van der Waals surface area contributed by atoms with Crippen LogP contribution in [0.4, 0.5) is 0 Å². The summed E-state index contributed by atoms with van der Waals surface area (Å²) in [5.74, 6) is 0.910. The number of likely N-dealkylation sites (tertiary alicyclic amines) is 1. The van der Waals surface area contributed by atoms with E-state index in [2.05, 4.69) is 10.2 Å². The van der Waals surface area contributed by atoms with E-state index in [1.54, 1.807) is 7.11 Å². The van der Waals surface area contributed by atoms with Gasteiger partial charge in [0.2, 0.25) is 0 Å². The number of hydrogen-bond donors (Lipinski definition) is 2. The molecule has 1 heterocycles. The maximum Gasteiger partial charge on any atom is 0.0791 e. The maximum atomic E-state index is 10.1. The lowest BCUT2D eigenvalue weighted by molar-refractivity contribution is 0.0870. The lowest BCUT2D eigenvalue weighted by Crippen LogP contribution is -2.43. The zero-order chi connectivity index (χ0) is 12.8. The highest BCUT2D eigenvalue weighted by molar-refractivity contribution is 4.90. The molecular formula is C14H28N2O2. The normalized spacial score (nSPS) is 30.3. The van der Waals surface area contributed by atoms with Crippen LogP contribution in [0.15, 0.2) is 0 Å². The van der Waals surface area contributed by atoms with E-state index >= 15 is 0 Å². The summed E-state index contributed by atoms with van der Waals surface area (Å²) in [6.07, 6.45) is 6.63. The third kappa shape index (κ3) is 3.92. The number of ether oxygens (including phenoxy) is 1. The lowest BCUT2D eigenvalue weighted by atomic mass is 9.85. The first-order valence-corrected chi connectivity index (χ1v) is 7.43. The first-order valence-electron chi connectivity index (χ1n) is 7.43. The summed E-state index contributed by atoms with van der Waals surface area (Å²) in [5, 5.41) is 13.3. The van der Waals surface area contributed by atoms with Gasteiger partial charge in [-0.25, -0.2) is 0 Å². The largest absolute Gasteiger partial charge is 0.390 e. The second kappa shape index (κ2) is 7.43. The molecule has 0 amide bonds. The van der Waals surface area contributed by atoms with Crippen molar-refractivity contribution in [3.05, 3.63) is 0 Å². The zero-order valence-corrected chi connectivity index (χ0v) is 11.6. The van der Waals surface area contributed by atoms with Crippen molar-refractivity contribution in [2.75, 3.05) is 39.9 Å². The van der Waals surface area contributed by atoms with Crippen LogP contribution in [0.1, 0.15) is 32.1 Å². The van der Waals surface area contributed by atoms with Gasteiger partial charge in [0.15, 0.2) is 0 Å². The Morgan fingerprint density at radius 3 is 3.00 bits per heavy atom. The summed E-state index contributed by atoms with van der Waals surface area (Å²) >= 11 is 0. The van der Waals surface area contributed by atoms with Gasteiger partial charge in [0.05, 0.1) is 12.7 Å². The Labute approximate surface area is 111 Å². The number of rotatable bonds is 7. The summed E-state index contributed by atoms with van der Waals surface area (Å²) in [4.78, 5) is 2.52. The second-order valence-electron chi connectivity index (χ2n) is 5.75. The number of fused-ring (bicyclic) bond motifs is 1. The van der Waals surface area contributed by atoms with Gasteiger partial charge in [-0.1, -0.05) is 12.8 Å². The first-order chi connectivity index (χ1) is 8.81. The summed E-state index contributed by atoms with van der Waals surface area (Å²) in [6.45, 7) is 4.23. The van der Waals surface area contributed by atoms with Crippen LogP contribution < -0.4 is 5.32 Å². The summed E-state index contributed by atoms with van der Waals surface area (Å²) in [5.41, 5.74) is 0. The molecule has 1 aliphatic carbocycles. The Morgan fingerprint density at radius 1 is 1.33 bits per heavy atom. The Hall–Kier alpha value is -0.160. The quantitative estimate of drug-likeness (QED) is 0.663. The van der Waals surface area contributed by atoms with Gasteiger partial charge in [-0.05, 0) is 31.7 Å². The van der Waals surface area contributed by atoms with Crippen LogP contribution >= 0.6 is 0 Å². The lowest BCUT2D eigenvalue weighted by Gasteiger charge is -2.32. The predicted molar refractivity (Wildman–Crippen MR) is 72.7 cm³/mol. The molecule has 4 heteroatoms. The van der Waals surface area contributed by atoms with Crippen LogP contribution in [-0.4, -0.2) is 62.0 Å². The molecule has 0 aromatic heterocycles. The maximum absolute atomic E-state index is 10.1. The molecule has 0 spiro atoms. The van der Waals surface area contributed by atoms with Gasteiger partial charge < -0.3 is 15.2 Å². The Balaban J connectivity index is 1.65. The number of β-amino-alcohol motifs (C(OH)–C–C–N with tert-alkyl or cyclic N) is 1. The van der Waals surface area contributed by atoms with Crippen molar-refractivity contribution < 1.29 is 9.84 Å². The Morgan fingerprint density at radius 2 is 2.17 bits per heavy atom. The molecule has 3 unspecified atom stereocenters. The predicted octanol–water partition coefficient (Wildman–Crippen LogP) is 0.848. The fourth-order valence-electron chi connectivity index (χ4n) is 3.51. The molecule has 2 fully saturated rings. The molecule has 2 N–H and O–H groups in total. The average molecular weight is 256 g/mol. The van der Waals surface area contributed by atoms with Gasteiger partial charge in [0.1, 0.15) is 0 Å². The minimum absolute atomic E-state index is 0.248. The molecule has 2 aliphatic rings. The second-order valence-corrected chi connectivity index (χ2v) is 5.75. The Bertz CT molecular complexity index is 238. The van der Waals surface area contributed by atoms with Crippen LogP contribution in [0.25, 0.3) is 0 Å². The molecule has 1 aliphatic heterocycles. The molecule has 0 aromatic rings. The van der Waals surface area contributed by atoms with Crippen molar-refractivity contribution in [1.29, 1.82) is 0 Å². The fraction of sp³-hybridized carbons (Fsp3) is 1.00. The third-order valence-corrected chi connectivity index (χ3v) is 4.43. The van der Waals surface area contributed by atoms with Gasteiger partial charge >= 0.3 is 0 Å². The van der Waals surface area contributed by atoms with E-state index in [1.807, 2.05) is 0 Å². The SMILES string of the molecule is COCCNCC(O)CN1CCC2CCCCC21. The van der Waals surface area contributed by atoms with E-state index in [-0.39, 0.29) is 6.10 Å². The van der Waals surface area contributed by atoms with E-state index in [0.29, 0.717) is 13.2 Å². The van der Waals surface area contributed by atoms with Crippen molar-refractivity contribution in [2.24, 2.45) is 5.92 Å². The molecule has 106 valence electrons. The monoisotopic (exact) mass is 256 g/mol. The fourth-order valence-corrected chi connectivity index (χ4v) is 3.51. The first kappa shape index (κ1) is 14.3. The number of aliphatic hydroxyl groups excluding tert-OH is 1. The highest BCUT2D eigenvalue weighted by Crippen LogP contribution is 2.35. The van der Waals surface area contributed by atoms with Crippen molar-refractivity contribution in [3.63, 3.8) is 0 Å². The van der Waals surface area contributed by atoms with Crippen LogP contribution in [0.5, 0.6) is 0 Å². The molecule has 18 heavy (non-hydrogen) atoms. The highest BCUT2D eigenvalue weighted by atomic mass is 16.5. The molecule has 2 rings (SSSR count). The number of nitrogens with one attached hydrogen (secondary N) is 1. The number of aliphatic hydroxyl groups is 1. The number of hydrogen-bond acceptors (Lipinski definition) is 4. The smallest absolute Gasteiger partial charge is 0.0791 e. The molecule has 0 bridgehead atoms. The van der Waals surface area contributed by atoms with E-state index < -0.39 is 0 Å². The molecule has 4 nitrogen and oxygen atoms in total. The summed E-state index contributed by atoms with van der Waals surface area (Å²) in [6, 6.07) is 0.757. The van der Waals surface area contributed by atoms with Crippen LogP contribution in [-0.2, 0) is 4.74 Å². The molecular weight excluding hydrogens is 228 g/mol.